The predicted molar refractivity (Wildman–Crippen MR) is 84.4 cm³/mol. The molecule has 0 aromatic carbocycles. The summed E-state index contributed by atoms with van der Waals surface area (Å²) in [5.41, 5.74) is 5.23. The van der Waals surface area contributed by atoms with Gasteiger partial charge < -0.3 is 10.2 Å². The van der Waals surface area contributed by atoms with Crippen molar-refractivity contribution in [2.24, 2.45) is 11.7 Å². The molecule has 1 aromatic heterocycles. The zero-order chi connectivity index (χ0) is 16.4. The molecule has 1 amide bonds. The van der Waals surface area contributed by atoms with Crippen LogP contribution >= 0.6 is 0 Å². The fraction of sp³-hybridized carbons (Fsp3) is 0.667. The first kappa shape index (κ1) is 16.5. The number of primary amides is 1. The van der Waals surface area contributed by atoms with Crippen molar-refractivity contribution >= 4 is 16.1 Å². The van der Waals surface area contributed by atoms with E-state index in [0.29, 0.717) is 44.7 Å². The van der Waals surface area contributed by atoms with E-state index in [4.69, 9.17) is 10.2 Å². The average Bonchev–Trinajstić information content (AvgIpc) is 3.18. The van der Waals surface area contributed by atoms with Gasteiger partial charge in [0.15, 0.2) is 0 Å². The molecule has 2 fully saturated rings. The average molecular weight is 341 g/mol. The van der Waals surface area contributed by atoms with E-state index in [9.17, 15) is 13.2 Å². The summed E-state index contributed by atoms with van der Waals surface area (Å²) in [6.07, 6.45) is 4.90. The Balaban J connectivity index is 1.68. The molecule has 7 nitrogen and oxygen atoms in total. The van der Waals surface area contributed by atoms with Crippen molar-refractivity contribution in [2.45, 2.75) is 38.1 Å². The summed E-state index contributed by atoms with van der Waals surface area (Å²) in [7, 11) is -3.50. The molecule has 0 saturated carbocycles. The highest BCUT2D eigenvalue weighted by atomic mass is 32.2. The summed E-state index contributed by atoms with van der Waals surface area (Å²) in [6, 6.07) is 3.41. The first-order chi connectivity index (χ1) is 11.0. The molecule has 2 saturated heterocycles. The van der Waals surface area contributed by atoms with Crippen LogP contribution < -0.4 is 5.73 Å². The van der Waals surface area contributed by atoms with Gasteiger partial charge in [-0.3, -0.25) is 4.79 Å². The first-order valence-electron chi connectivity index (χ1n) is 8.07. The first-order valence-corrected chi connectivity index (χ1v) is 9.47. The van der Waals surface area contributed by atoms with Gasteiger partial charge in [0, 0.05) is 26.1 Å². The largest absolute Gasteiger partial charge is 0.468 e. The zero-order valence-electron chi connectivity index (χ0n) is 13.1. The Morgan fingerprint density at radius 3 is 2.61 bits per heavy atom. The van der Waals surface area contributed by atoms with Gasteiger partial charge in [-0.1, -0.05) is 0 Å². The molecule has 0 radical (unpaired) electrons. The summed E-state index contributed by atoms with van der Waals surface area (Å²) in [6.45, 7) is 1.41. The van der Waals surface area contributed by atoms with E-state index in [-0.39, 0.29) is 17.9 Å². The number of carbonyl (C=O) groups excluding carboxylic acids is 1. The maximum Gasteiger partial charge on any atom is 0.282 e. The lowest BCUT2D eigenvalue weighted by Gasteiger charge is -2.34. The molecule has 2 aliphatic rings. The molecule has 8 heteroatoms. The van der Waals surface area contributed by atoms with Crippen LogP contribution in [0.4, 0.5) is 0 Å². The Morgan fingerprint density at radius 2 is 2.00 bits per heavy atom. The molecule has 1 aromatic rings. The maximum atomic E-state index is 12.9. The van der Waals surface area contributed by atoms with Crippen molar-refractivity contribution in [3.05, 3.63) is 24.2 Å². The second-order valence-electron chi connectivity index (χ2n) is 6.30. The third-order valence-electron chi connectivity index (χ3n) is 4.76. The lowest BCUT2D eigenvalue weighted by Crippen LogP contribution is -2.47. The normalized spacial score (nSPS) is 25.0. The van der Waals surface area contributed by atoms with Crippen LogP contribution in [-0.2, 0) is 15.0 Å². The fourth-order valence-corrected chi connectivity index (χ4v) is 5.42. The number of hydrogen-bond donors (Lipinski definition) is 1. The van der Waals surface area contributed by atoms with Crippen LogP contribution in [-0.4, -0.2) is 42.6 Å². The van der Waals surface area contributed by atoms with Crippen LogP contribution in [0.15, 0.2) is 22.8 Å². The Kier molecular flexibility index (Phi) is 4.74. The minimum absolute atomic E-state index is 0.193. The van der Waals surface area contributed by atoms with E-state index >= 15 is 0 Å². The van der Waals surface area contributed by atoms with Crippen molar-refractivity contribution in [3.63, 3.8) is 0 Å². The second-order valence-corrected chi connectivity index (χ2v) is 8.19. The molecule has 3 heterocycles. The van der Waals surface area contributed by atoms with Crippen LogP contribution in [0.3, 0.4) is 0 Å². The predicted octanol–water partition coefficient (Wildman–Crippen LogP) is 1.25. The van der Waals surface area contributed by atoms with Gasteiger partial charge in [0.25, 0.3) is 10.2 Å². The lowest BCUT2D eigenvalue weighted by molar-refractivity contribution is -0.119. The third-order valence-corrected chi connectivity index (χ3v) is 6.81. The number of rotatable bonds is 5. The van der Waals surface area contributed by atoms with Gasteiger partial charge in [0.1, 0.15) is 5.76 Å². The highest BCUT2D eigenvalue weighted by molar-refractivity contribution is 7.86. The van der Waals surface area contributed by atoms with Gasteiger partial charge in [-0.25, -0.2) is 0 Å². The zero-order valence-corrected chi connectivity index (χ0v) is 13.9. The van der Waals surface area contributed by atoms with Crippen molar-refractivity contribution in [1.29, 1.82) is 0 Å². The molecular formula is C15H23N3O4S. The van der Waals surface area contributed by atoms with E-state index in [1.807, 2.05) is 6.07 Å². The molecule has 0 bridgehead atoms. The van der Waals surface area contributed by atoms with E-state index in [0.717, 1.165) is 12.8 Å². The minimum atomic E-state index is -3.50. The molecule has 0 spiro atoms. The quantitative estimate of drug-likeness (QED) is 0.871. The number of furan rings is 1. The molecule has 3 rings (SSSR count). The number of hydrogen-bond acceptors (Lipinski definition) is 4. The van der Waals surface area contributed by atoms with Crippen LogP contribution in [0.1, 0.15) is 43.9 Å². The van der Waals surface area contributed by atoms with Crippen molar-refractivity contribution in [2.75, 3.05) is 19.6 Å². The summed E-state index contributed by atoms with van der Waals surface area (Å²) in [5, 5.41) is 0. The third kappa shape index (κ3) is 3.44. The molecule has 0 unspecified atom stereocenters. The maximum absolute atomic E-state index is 12.9. The Bertz CT molecular complexity index is 636. The molecule has 23 heavy (non-hydrogen) atoms. The Morgan fingerprint density at radius 1 is 1.26 bits per heavy atom. The lowest BCUT2D eigenvalue weighted by atomic mass is 9.94. The van der Waals surface area contributed by atoms with Crippen molar-refractivity contribution in [1.82, 2.24) is 8.61 Å². The standard InChI is InChI=1S/C15H23N3O4S/c16-15(19)11-12-5-8-17(9-6-12)23(20,21)18-7-1-3-13(18)14-4-2-10-22-14/h2,4,10,12-13H,1,3,5-9,11H2,(H2,16,19)/t13-/m1/s1. The Hall–Kier alpha value is -1.38. The van der Waals surface area contributed by atoms with Crippen LogP contribution in [0.2, 0.25) is 0 Å². The van der Waals surface area contributed by atoms with E-state index < -0.39 is 10.2 Å². The van der Waals surface area contributed by atoms with Crippen molar-refractivity contribution in [3.8, 4) is 0 Å². The highest BCUT2D eigenvalue weighted by Gasteiger charge is 2.41. The number of piperidine rings is 1. The molecule has 2 N–H and O–H groups in total. The second kappa shape index (κ2) is 6.62. The van der Waals surface area contributed by atoms with Crippen LogP contribution in [0.25, 0.3) is 0 Å². The molecular weight excluding hydrogens is 318 g/mol. The van der Waals surface area contributed by atoms with Gasteiger partial charge in [-0.2, -0.15) is 17.0 Å². The topological polar surface area (TPSA) is 96.8 Å². The highest BCUT2D eigenvalue weighted by Crippen LogP contribution is 2.36. The monoisotopic (exact) mass is 341 g/mol. The van der Waals surface area contributed by atoms with E-state index in [1.54, 1.807) is 16.6 Å². The smallest absolute Gasteiger partial charge is 0.282 e. The van der Waals surface area contributed by atoms with Crippen molar-refractivity contribution < 1.29 is 17.6 Å². The number of amides is 1. The number of nitrogens with zero attached hydrogens (tertiary/aromatic N) is 2. The van der Waals surface area contributed by atoms with E-state index in [1.165, 1.54) is 4.31 Å². The van der Waals surface area contributed by atoms with Gasteiger partial charge in [0.2, 0.25) is 5.91 Å². The number of carbonyl (C=O) groups is 1. The van der Waals surface area contributed by atoms with Crippen LogP contribution in [0, 0.1) is 5.92 Å². The van der Waals surface area contributed by atoms with Gasteiger partial charge in [-0.05, 0) is 43.7 Å². The Labute approximate surface area is 136 Å². The molecule has 0 aliphatic carbocycles. The summed E-state index contributed by atoms with van der Waals surface area (Å²) >= 11 is 0. The summed E-state index contributed by atoms with van der Waals surface area (Å²) in [5.74, 6) is 0.580. The van der Waals surface area contributed by atoms with Crippen LogP contribution in [0.5, 0.6) is 0 Å². The fourth-order valence-electron chi connectivity index (χ4n) is 3.56. The van der Waals surface area contributed by atoms with Gasteiger partial charge in [-0.15, -0.1) is 0 Å². The van der Waals surface area contributed by atoms with Gasteiger partial charge in [0.05, 0.1) is 12.3 Å². The molecule has 128 valence electrons. The SMILES string of the molecule is NC(=O)CC1CCN(S(=O)(=O)N2CCC[C@@H]2c2ccco2)CC1. The van der Waals surface area contributed by atoms with Gasteiger partial charge >= 0.3 is 0 Å². The molecule has 1 atom stereocenters. The number of nitrogens with two attached hydrogens (primary N) is 1. The minimum Gasteiger partial charge on any atom is -0.468 e. The summed E-state index contributed by atoms with van der Waals surface area (Å²) < 4.78 is 34.4. The van der Waals surface area contributed by atoms with E-state index in [2.05, 4.69) is 0 Å². The summed E-state index contributed by atoms with van der Waals surface area (Å²) in [4.78, 5) is 11.0. The molecule has 2 aliphatic heterocycles.